The Bertz CT molecular complexity index is 852. The number of alkyl carbamates (subject to hydrolysis) is 1. The maximum atomic E-state index is 12.2. The summed E-state index contributed by atoms with van der Waals surface area (Å²) in [4.78, 5) is 33.8. The van der Waals surface area contributed by atoms with Crippen molar-refractivity contribution in [1.29, 1.82) is 0 Å². The Morgan fingerprint density at radius 3 is 2.11 bits per heavy atom. The smallest absolute Gasteiger partial charge is 0.407 e. The molecule has 1 aliphatic rings. The summed E-state index contributed by atoms with van der Waals surface area (Å²) in [7, 11) is 0. The fourth-order valence-electron chi connectivity index (χ4n) is 3.35. The quantitative estimate of drug-likeness (QED) is 0.673. The van der Waals surface area contributed by atoms with Crippen molar-refractivity contribution in [3.8, 4) is 11.1 Å². The van der Waals surface area contributed by atoms with Gasteiger partial charge in [-0.2, -0.15) is 0 Å². The van der Waals surface area contributed by atoms with Crippen LogP contribution in [0.4, 0.5) is 9.59 Å². The van der Waals surface area contributed by atoms with Crippen molar-refractivity contribution >= 4 is 18.2 Å². The predicted octanol–water partition coefficient (Wildman–Crippen LogP) is 2.46. The number of amides is 2. The van der Waals surface area contributed by atoms with Gasteiger partial charge in [0.05, 0.1) is 12.5 Å². The maximum Gasteiger partial charge on any atom is 0.407 e. The highest BCUT2D eigenvalue weighted by molar-refractivity contribution is 5.79. The molecular formula is C20H20N2O6. The van der Waals surface area contributed by atoms with E-state index in [4.69, 9.17) is 15.6 Å². The minimum atomic E-state index is -1.16. The second-order valence-corrected chi connectivity index (χ2v) is 6.39. The summed E-state index contributed by atoms with van der Waals surface area (Å²) in [6.07, 6.45) is -2.27. The number of ether oxygens (including phenoxy) is 2. The van der Waals surface area contributed by atoms with Crippen LogP contribution in [0.15, 0.2) is 48.5 Å². The number of carboxylic acids is 1. The number of hydrogen-bond acceptors (Lipinski definition) is 5. The second-order valence-electron chi connectivity index (χ2n) is 6.39. The number of rotatable bonds is 7. The first-order chi connectivity index (χ1) is 13.5. The van der Waals surface area contributed by atoms with Crippen molar-refractivity contribution in [2.24, 2.45) is 5.73 Å². The molecular weight excluding hydrogens is 364 g/mol. The zero-order valence-corrected chi connectivity index (χ0v) is 15.0. The molecule has 28 heavy (non-hydrogen) atoms. The van der Waals surface area contributed by atoms with Crippen LogP contribution >= 0.6 is 0 Å². The van der Waals surface area contributed by atoms with Crippen LogP contribution in [-0.4, -0.2) is 42.5 Å². The molecule has 0 spiro atoms. The molecule has 8 nitrogen and oxygen atoms in total. The summed E-state index contributed by atoms with van der Waals surface area (Å²) >= 11 is 0. The first-order valence-corrected chi connectivity index (χ1v) is 8.71. The number of primary amides is 1. The van der Waals surface area contributed by atoms with E-state index in [9.17, 15) is 14.4 Å². The van der Waals surface area contributed by atoms with Crippen molar-refractivity contribution in [2.75, 3.05) is 13.2 Å². The molecule has 0 radical (unpaired) electrons. The molecule has 146 valence electrons. The summed E-state index contributed by atoms with van der Waals surface area (Å²) in [5, 5.41) is 11.3. The van der Waals surface area contributed by atoms with E-state index in [1.807, 2.05) is 48.5 Å². The number of aliphatic carboxylic acids is 1. The highest BCUT2D eigenvalue weighted by Gasteiger charge is 2.29. The van der Waals surface area contributed by atoms with Gasteiger partial charge in [0, 0.05) is 5.92 Å². The van der Waals surface area contributed by atoms with Crippen LogP contribution in [0.25, 0.3) is 11.1 Å². The largest absolute Gasteiger partial charge is 0.481 e. The number of benzene rings is 2. The van der Waals surface area contributed by atoms with Crippen LogP contribution in [0.3, 0.4) is 0 Å². The zero-order valence-electron chi connectivity index (χ0n) is 15.0. The van der Waals surface area contributed by atoms with E-state index in [0.717, 1.165) is 22.3 Å². The Kier molecular flexibility index (Phi) is 5.78. The number of nitrogens with one attached hydrogen (secondary N) is 1. The van der Waals surface area contributed by atoms with Gasteiger partial charge in [-0.15, -0.1) is 0 Å². The Balaban J connectivity index is 1.65. The van der Waals surface area contributed by atoms with Gasteiger partial charge in [0.25, 0.3) is 0 Å². The topological polar surface area (TPSA) is 128 Å². The number of fused-ring (bicyclic) bond motifs is 3. The van der Waals surface area contributed by atoms with Crippen LogP contribution in [-0.2, 0) is 14.3 Å². The van der Waals surface area contributed by atoms with E-state index in [0.29, 0.717) is 0 Å². The minimum absolute atomic E-state index is 0.0936. The molecule has 8 heteroatoms. The Labute approximate surface area is 161 Å². The van der Waals surface area contributed by atoms with Crippen LogP contribution in [0.5, 0.6) is 0 Å². The van der Waals surface area contributed by atoms with Gasteiger partial charge in [-0.3, -0.25) is 4.79 Å². The van der Waals surface area contributed by atoms with E-state index in [-0.39, 0.29) is 19.1 Å². The molecule has 0 aromatic heterocycles. The minimum Gasteiger partial charge on any atom is -0.481 e. The highest BCUT2D eigenvalue weighted by Crippen LogP contribution is 2.44. The molecule has 0 bridgehead atoms. The van der Waals surface area contributed by atoms with Gasteiger partial charge < -0.3 is 25.6 Å². The highest BCUT2D eigenvalue weighted by atomic mass is 16.6. The van der Waals surface area contributed by atoms with Crippen LogP contribution in [0.1, 0.15) is 23.5 Å². The lowest BCUT2D eigenvalue weighted by atomic mass is 9.98. The van der Waals surface area contributed by atoms with Crippen molar-refractivity contribution in [2.45, 2.75) is 18.4 Å². The predicted molar refractivity (Wildman–Crippen MR) is 99.8 cm³/mol. The number of hydrogen-bond donors (Lipinski definition) is 3. The van der Waals surface area contributed by atoms with Gasteiger partial charge in [0.1, 0.15) is 13.2 Å². The van der Waals surface area contributed by atoms with Gasteiger partial charge in [0.2, 0.25) is 0 Å². The van der Waals surface area contributed by atoms with Crippen LogP contribution in [0.2, 0.25) is 0 Å². The van der Waals surface area contributed by atoms with Gasteiger partial charge in [-0.1, -0.05) is 48.5 Å². The average Bonchev–Trinajstić information content (AvgIpc) is 2.98. The Morgan fingerprint density at radius 1 is 1.00 bits per heavy atom. The monoisotopic (exact) mass is 384 g/mol. The summed E-state index contributed by atoms with van der Waals surface area (Å²) in [5.41, 5.74) is 9.22. The van der Waals surface area contributed by atoms with E-state index >= 15 is 0 Å². The third kappa shape index (κ3) is 4.40. The number of carbonyl (C=O) groups is 3. The van der Waals surface area contributed by atoms with Crippen molar-refractivity contribution in [3.63, 3.8) is 0 Å². The van der Waals surface area contributed by atoms with Crippen molar-refractivity contribution in [3.05, 3.63) is 59.7 Å². The molecule has 2 amide bonds. The molecule has 0 heterocycles. The van der Waals surface area contributed by atoms with Gasteiger partial charge in [-0.25, -0.2) is 9.59 Å². The van der Waals surface area contributed by atoms with Gasteiger partial charge in [-0.05, 0) is 22.3 Å². The molecule has 2 aromatic rings. The lowest BCUT2D eigenvalue weighted by Gasteiger charge is -2.18. The SMILES string of the molecule is NC(=O)OCC(CC(=O)O)NC(=O)OCC1c2ccccc2-c2ccccc21. The molecule has 0 saturated heterocycles. The molecule has 1 unspecified atom stereocenters. The number of carbonyl (C=O) groups excluding carboxylic acids is 2. The van der Waals surface area contributed by atoms with Crippen molar-refractivity contribution in [1.82, 2.24) is 5.32 Å². The average molecular weight is 384 g/mol. The zero-order chi connectivity index (χ0) is 20.1. The summed E-state index contributed by atoms with van der Waals surface area (Å²) in [6.45, 7) is -0.262. The van der Waals surface area contributed by atoms with Crippen LogP contribution in [0, 0.1) is 0 Å². The Morgan fingerprint density at radius 2 is 1.57 bits per heavy atom. The third-order valence-electron chi connectivity index (χ3n) is 4.51. The molecule has 3 rings (SSSR count). The van der Waals surface area contributed by atoms with E-state index < -0.39 is 30.6 Å². The molecule has 1 atom stereocenters. The lowest BCUT2D eigenvalue weighted by molar-refractivity contribution is -0.137. The number of carboxylic acid groups (broad SMARTS) is 1. The van der Waals surface area contributed by atoms with Crippen LogP contribution < -0.4 is 11.1 Å². The van der Waals surface area contributed by atoms with Gasteiger partial charge >= 0.3 is 18.2 Å². The first kappa shape index (κ1) is 19.2. The molecule has 0 saturated carbocycles. The fourth-order valence-corrected chi connectivity index (χ4v) is 3.35. The van der Waals surface area contributed by atoms with Gasteiger partial charge in [0.15, 0.2) is 0 Å². The number of nitrogens with two attached hydrogens (primary N) is 1. The van der Waals surface area contributed by atoms with E-state index in [1.165, 1.54) is 0 Å². The molecule has 0 aliphatic heterocycles. The fraction of sp³-hybridized carbons (Fsp3) is 0.250. The second kappa shape index (κ2) is 8.43. The summed E-state index contributed by atoms with van der Waals surface area (Å²) < 4.78 is 9.93. The summed E-state index contributed by atoms with van der Waals surface area (Å²) in [6, 6.07) is 14.9. The normalized spacial score (nSPS) is 13.1. The first-order valence-electron chi connectivity index (χ1n) is 8.71. The Hall–Kier alpha value is -3.55. The van der Waals surface area contributed by atoms with E-state index in [1.54, 1.807) is 0 Å². The molecule has 2 aromatic carbocycles. The van der Waals surface area contributed by atoms with E-state index in [2.05, 4.69) is 10.1 Å². The molecule has 4 N–H and O–H groups in total. The molecule has 0 fully saturated rings. The lowest BCUT2D eigenvalue weighted by Crippen LogP contribution is -2.41. The third-order valence-corrected chi connectivity index (χ3v) is 4.51. The maximum absolute atomic E-state index is 12.2. The molecule has 1 aliphatic carbocycles. The van der Waals surface area contributed by atoms with Crippen molar-refractivity contribution < 1.29 is 29.0 Å². The summed E-state index contributed by atoms with van der Waals surface area (Å²) in [5.74, 6) is -1.27. The standard InChI is InChI=1S/C20H20N2O6/c21-19(25)27-10-12(9-18(23)24)22-20(26)28-11-17-15-7-3-1-5-13(15)14-6-2-4-8-16(14)17/h1-8,12,17H,9-11H2,(H2,21,25)(H,22,26)(H,23,24).